The van der Waals surface area contributed by atoms with E-state index in [2.05, 4.69) is 0 Å². The number of methoxy groups -OCH3 is 8. The third-order valence-corrected chi connectivity index (χ3v) is 12.0. The molecule has 0 saturated heterocycles. The maximum Gasteiger partial charge on any atom is 0.306 e. The number of esters is 4. The summed E-state index contributed by atoms with van der Waals surface area (Å²) in [6, 6.07) is 14.2. The molecule has 0 aromatic heterocycles. The van der Waals surface area contributed by atoms with Crippen LogP contribution < -0.4 is 37.9 Å². The molecule has 4 aromatic rings. The minimum atomic E-state index is -0.858. The van der Waals surface area contributed by atoms with Crippen molar-refractivity contribution >= 4 is 23.9 Å². The molecule has 16 nitrogen and oxygen atoms in total. The predicted octanol–water partition coefficient (Wildman–Crippen LogP) is 8.41. The van der Waals surface area contributed by atoms with E-state index in [0.717, 1.165) is 0 Å². The van der Waals surface area contributed by atoms with Crippen molar-refractivity contribution in [2.45, 2.75) is 77.0 Å². The minimum absolute atomic E-state index is 0.112. The monoisotopic (exact) mass is 944 g/mol. The summed E-state index contributed by atoms with van der Waals surface area (Å²) in [4.78, 5) is 55.5. The maximum atomic E-state index is 13.9. The molecule has 0 N–H and O–H groups in total. The van der Waals surface area contributed by atoms with Gasteiger partial charge in [0.15, 0.2) is 0 Å². The molecule has 5 rings (SSSR count). The largest absolute Gasteiger partial charge is 0.496 e. The van der Waals surface area contributed by atoms with Crippen molar-refractivity contribution in [3.05, 3.63) is 93.0 Å². The van der Waals surface area contributed by atoms with E-state index in [1.807, 2.05) is 24.3 Å². The lowest BCUT2D eigenvalue weighted by atomic mass is 9.77. The van der Waals surface area contributed by atoms with Crippen LogP contribution in [0.2, 0.25) is 0 Å². The normalized spacial score (nSPS) is 16.1. The molecule has 0 fully saturated rings. The van der Waals surface area contributed by atoms with E-state index in [9.17, 15) is 19.2 Å². The van der Waals surface area contributed by atoms with Crippen LogP contribution in [-0.4, -0.2) is 107 Å². The van der Waals surface area contributed by atoms with Gasteiger partial charge < -0.3 is 56.8 Å². The van der Waals surface area contributed by atoms with Gasteiger partial charge in [0, 0.05) is 92.4 Å². The van der Waals surface area contributed by atoms with Crippen LogP contribution in [0.25, 0.3) is 0 Å². The Kier molecular flexibility index (Phi) is 18.6. The zero-order valence-corrected chi connectivity index (χ0v) is 41.1. The van der Waals surface area contributed by atoms with Crippen molar-refractivity contribution < 1.29 is 76.0 Å². The van der Waals surface area contributed by atoms with Gasteiger partial charge in [-0.2, -0.15) is 0 Å². The van der Waals surface area contributed by atoms with Crippen LogP contribution in [0.1, 0.15) is 122 Å². The van der Waals surface area contributed by atoms with Crippen LogP contribution in [0.15, 0.2) is 48.5 Å². The Bertz CT molecular complexity index is 1980. The first-order valence-electron chi connectivity index (χ1n) is 22.5. The zero-order valence-electron chi connectivity index (χ0n) is 41.1. The highest BCUT2D eigenvalue weighted by molar-refractivity contribution is 5.77. The smallest absolute Gasteiger partial charge is 0.306 e. The molecule has 0 heterocycles. The van der Waals surface area contributed by atoms with Gasteiger partial charge in [-0.1, -0.05) is 0 Å². The van der Waals surface area contributed by atoms with Crippen molar-refractivity contribution in [2.75, 3.05) is 83.3 Å². The van der Waals surface area contributed by atoms with Crippen molar-refractivity contribution in [3.8, 4) is 46.0 Å². The molecule has 0 saturated carbocycles. The van der Waals surface area contributed by atoms with Crippen LogP contribution in [-0.2, 0) is 38.1 Å². The summed E-state index contributed by atoms with van der Waals surface area (Å²) in [5.74, 6) is -2.76. The number of carbonyl (C=O) groups is 4. The molecule has 0 aliphatic heterocycles. The van der Waals surface area contributed by atoms with Crippen molar-refractivity contribution in [1.82, 2.24) is 0 Å². The van der Waals surface area contributed by atoms with Crippen molar-refractivity contribution in [2.24, 2.45) is 0 Å². The average molecular weight is 945 g/mol. The van der Waals surface area contributed by atoms with Gasteiger partial charge in [-0.15, -0.1) is 0 Å². The first-order chi connectivity index (χ1) is 32.8. The first kappa shape index (κ1) is 52.1. The Morgan fingerprint density at radius 2 is 0.441 bits per heavy atom. The molecule has 0 amide bonds. The fourth-order valence-corrected chi connectivity index (χ4v) is 9.07. The van der Waals surface area contributed by atoms with Gasteiger partial charge in [0.05, 0.1) is 109 Å². The van der Waals surface area contributed by atoms with Crippen molar-refractivity contribution in [3.63, 3.8) is 0 Å². The summed E-state index contributed by atoms with van der Waals surface area (Å²) in [5, 5.41) is 0. The Hall–Kier alpha value is -6.84. The molecule has 8 bridgehead atoms. The molecule has 68 heavy (non-hydrogen) atoms. The molecule has 1 aliphatic rings. The molecule has 0 atom stereocenters. The highest BCUT2D eigenvalue weighted by atomic mass is 16.5. The van der Waals surface area contributed by atoms with Gasteiger partial charge in [0.2, 0.25) is 0 Å². The van der Waals surface area contributed by atoms with E-state index in [1.165, 1.54) is 56.9 Å². The summed E-state index contributed by atoms with van der Waals surface area (Å²) < 4.78 is 71.2. The zero-order chi connectivity index (χ0) is 49.7. The number of hydrogen-bond donors (Lipinski definition) is 0. The van der Waals surface area contributed by atoms with Crippen LogP contribution in [0, 0.1) is 0 Å². The summed E-state index contributed by atoms with van der Waals surface area (Å²) >= 11 is 0. The Labute approximate surface area is 398 Å². The van der Waals surface area contributed by atoms with Gasteiger partial charge in [-0.25, -0.2) is 0 Å². The molecular weight excluding hydrogens is 881 g/mol. The van der Waals surface area contributed by atoms with E-state index >= 15 is 0 Å². The topological polar surface area (TPSA) is 179 Å². The summed E-state index contributed by atoms with van der Waals surface area (Å²) in [6.45, 7) is 7.34. The third-order valence-electron chi connectivity index (χ3n) is 12.0. The fraction of sp³-hybridized carbons (Fsp3) is 0.462. The Morgan fingerprint density at radius 1 is 0.294 bits per heavy atom. The Morgan fingerprint density at radius 3 is 0.559 bits per heavy atom. The molecule has 368 valence electrons. The van der Waals surface area contributed by atoms with E-state index in [4.69, 9.17) is 56.8 Å². The lowest BCUT2D eigenvalue weighted by Gasteiger charge is -2.31. The predicted molar refractivity (Wildman–Crippen MR) is 251 cm³/mol. The van der Waals surface area contributed by atoms with Gasteiger partial charge in [0.1, 0.15) is 46.0 Å². The van der Waals surface area contributed by atoms with Crippen LogP contribution in [0.3, 0.4) is 0 Å². The molecule has 0 radical (unpaired) electrons. The molecular formula is C52H64O16. The molecule has 0 unspecified atom stereocenters. The summed E-state index contributed by atoms with van der Waals surface area (Å²) in [6.07, 6.45) is -0.815. The second-order valence-electron chi connectivity index (χ2n) is 15.6. The van der Waals surface area contributed by atoms with E-state index in [-0.39, 0.29) is 52.1 Å². The van der Waals surface area contributed by atoms with Crippen LogP contribution >= 0.6 is 0 Å². The third kappa shape index (κ3) is 11.3. The number of rotatable bonds is 20. The molecule has 1 aliphatic carbocycles. The minimum Gasteiger partial charge on any atom is -0.496 e. The average Bonchev–Trinajstić information content (AvgIpc) is 3.34. The van der Waals surface area contributed by atoms with Gasteiger partial charge in [-0.05, 0) is 52.0 Å². The van der Waals surface area contributed by atoms with Crippen LogP contribution in [0.5, 0.6) is 46.0 Å². The van der Waals surface area contributed by atoms with Crippen molar-refractivity contribution in [1.29, 1.82) is 0 Å². The first-order valence-corrected chi connectivity index (χ1v) is 22.5. The van der Waals surface area contributed by atoms with Gasteiger partial charge >= 0.3 is 23.9 Å². The highest BCUT2D eigenvalue weighted by Gasteiger charge is 2.37. The molecule has 4 aromatic carbocycles. The van der Waals surface area contributed by atoms with Gasteiger partial charge in [-0.3, -0.25) is 19.2 Å². The summed E-state index contributed by atoms with van der Waals surface area (Å²) in [7, 11) is 12.0. The highest BCUT2D eigenvalue weighted by Crippen LogP contribution is 2.53. The quantitative estimate of drug-likeness (QED) is 0.0608. The van der Waals surface area contributed by atoms with E-state index < -0.39 is 47.5 Å². The van der Waals surface area contributed by atoms with Crippen LogP contribution in [0.4, 0.5) is 0 Å². The second-order valence-corrected chi connectivity index (χ2v) is 15.6. The SMILES string of the molecule is CCOC(=O)CC1c2cc(c(OC)cc2OC)C(CC(=O)OCC)c2cc(c(OC)cc2OC)C(CC(=O)OCC)c2cc(c(OC)cc2OC)C(CC(=O)OCC)c2cc1c(OC)cc2OC. The molecule has 0 spiro atoms. The lowest BCUT2D eigenvalue weighted by Crippen LogP contribution is -2.19. The number of ether oxygens (including phenoxy) is 12. The maximum absolute atomic E-state index is 13.9. The van der Waals surface area contributed by atoms with E-state index in [1.54, 1.807) is 52.0 Å². The number of benzene rings is 4. The number of carbonyl (C=O) groups excluding carboxylic acids is 4. The fourth-order valence-electron chi connectivity index (χ4n) is 9.07. The number of hydrogen-bond acceptors (Lipinski definition) is 16. The Balaban J connectivity index is 2.14. The van der Waals surface area contributed by atoms with E-state index in [0.29, 0.717) is 90.5 Å². The van der Waals surface area contributed by atoms with Gasteiger partial charge in [0.25, 0.3) is 0 Å². The number of fused-ring (bicyclic) bond motifs is 8. The summed E-state index contributed by atoms with van der Waals surface area (Å²) in [5.41, 5.74) is 4.04. The lowest BCUT2D eigenvalue weighted by molar-refractivity contribution is -0.144. The standard InChI is InChI=1S/C52H64O16/c1-13-65-49(53)21-29-33-17-35(43(59-7)25-41(33)57-5)30(22-50(54)66-14-2)37-19-39(47(63-11)27-45(37)61-9)32(24-52(56)68-16-4)40-20-38(46(62-10)28-48(40)64-12)31(23-51(55)67-15-3)36-18-34(29)42(58-6)26-44(36)60-8/h17-20,25-32H,13-16,21-24H2,1-12H3. The second kappa shape index (κ2) is 24.3. The molecule has 16 heteroatoms.